The van der Waals surface area contributed by atoms with Gasteiger partial charge in [0, 0.05) is 17.3 Å². The first kappa shape index (κ1) is 13.4. The SMILES string of the molecule is Cc1ccccc1NC(=O)c1nnn(-c2nccs2)c1C. The van der Waals surface area contributed by atoms with Gasteiger partial charge in [-0.05, 0) is 25.5 Å². The topological polar surface area (TPSA) is 72.7 Å². The van der Waals surface area contributed by atoms with Crippen LogP contribution in [-0.2, 0) is 0 Å². The Morgan fingerprint density at radius 3 is 2.81 bits per heavy atom. The van der Waals surface area contributed by atoms with Crippen molar-refractivity contribution in [2.24, 2.45) is 0 Å². The molecule has 0 bridgehead atoms. The minimum absolute atomic E-state index is 0.274. The molecule has 6 nitrogen and oxygen atoms in total. The number of carbonyl (C=O) groups excluding carboxylic acids is 1. The van der Waals surface area contributed by atoms with Crippen LogP contribution in [-0.4, -0.2) is 25.9 Å². The van der Waals surface area contributed by atoms with Crippen LogP contribution in [0.15, 0.2) is 35.8 Å². The Labute approximate surface area is 125 Å². The quantitative estimate of drug-likeness (QED) is 0.807. The summed E-state index contributed by atoms with van der Waals surface area (Å²) in [6.45, 7) is 3.74. The van der Waals surface area contributed by atoms with E-state index in [1.54, 1.807) is 17.8 Å². The van der Waals surface area contributed by atoms with Crippen molar-refractivity contribution in [1.29, 1.82) is 0 Å². The zero-order valence-electron chi connectivity index (χ0n) is 11.6. The Morgan fingerprint density at radius 2 is 2.10 bits per heavy atom. The second-order valence-electron chi connectivity index (χ2n) is 4.52. The largest absolute Gasteiger partial charge is 0.320 e. The number of aromatic nitrogens is 4. The van der Waals surface area contributed by atoms with Crippen molar-refractivity contribution in [2.45, 2.75) is 13.8 Å². The van der Waals surface area contributed by atoms with E-state index < -0.39 is 0 Å². The summed E-state index contributed by atoms with van der Waals surface area (Å²) in [5.74, 6) is -0.274. The molecule has 21 heavy (non-hydrogen) atoms. The molecule has 1 amide bonds. The summed E-state index contributed by atoms with van der Waals surface area (Å²) < 4.78 is 1.57. The number of carbonyl (C=O) groups is 1. The third-order valence-electron chi connectivity index (χ3n) is 3.10. The van der Waals surface area contributed by atoms with Gasteiger partial charge in [-0.15, -0.1) is 16.4 Å². The monoisotopic (exact) mass is 299 g/mol. The Balaban J connectivity index is 1.88. The second-order valence-corrected chi connectivity index (χ2v) is 5.39. The summed E-state index contributed by atoms with van der Waals surface area (Å²) >= 11 is 1.44. The number of anilines is 1. The number of para-hydroxylation sites is 1. The molecule has 0 saturated carbocycles. The zero-order chi connectivity index (χ0) is 14.8. The molecule has 1 aromatic carbocycles. The van der Waals surface area contributed by atoms with E-state index in [0.717, 1.165) is 11.3 Å². The fraction of sp³-hybridized carbons (Fsp3) is 0.143. The summed E-state index contributed by atoms with van der Waals surface area (Å²) in [7, 11) is 0. The van der Waals surface area contributed by atoms with Crippen LogP contribution in [0.25, 0.3) is 5.13 Å². The molecule has 3 rings (SSSR count). The van der Waals surface area contributed by atoms with Crippen LogP contribution in [0.2, 0.25) is 0 Å². The molecule has 0 unspecified atom stereocenters. The summed E-state index contributed by atoms with van der Waals surface area (Å²) in [5, 5.41) is 13.4. The van der Waals surface area contributed by atoms with Crippen molar-refractivity contribution in [1.82, 2.24) is 20.0 Å². The second kappa shape index (κ2) is 5.45. The van der Waals surface area contributed by atoms with Crippen LogP contribution in [0.1, 0.15) is 21.7 Å². The first-order valence-electron chi connectivity index (χ1n) is 6.36. The number of hydrogen-bond acceptors (Lipinski definition) is 5. The zero-order valence-corrected chi connectivity index (χ0v) is 12.4. The van der Waals surface area contributed by atoms with Gasteiger partial charge in [0.05, 0.1) is 5.69 Å². The third-order valence-corrected chi connectivity index (χ3v) is 3.85. The van der Waals surface area contributed by atoms with Crippen molar-refractivity contribution in [3.05, 3.63) is 52.8 Å². The molecular weight excluding hydrogens is 286 g/mol. The van der Waals surface area contributed by atoms with E-state index in [2.05, 4.69) is 20.6 Å². The van der Waals surface area contributed by atoms with Gasteiger partial charge in [0.2, 0.25) is 5.13 Å². The lowest BCUT2D eigenvalue weighted by molar-refractivity contribution is 0.102. The first-order chi connectivity index (χ1) is 10.2. The summed E-state index contributed by atoms with van der Waals surface area (Å²) in [5.41, 5.74) is 2.73. The van der Waals surface area contributed by atoms with Crippen molar-refractivity contribution in [3.8, 4) is 5.13 Å². The average Bonchev–Trinajstić information content (AvgIpc) is 3.10. The lowest BCUT2D eigenvalue weighted by Crippen LogP contribution is -2.14. The average molecular weight is 299 g/mol. The standard InChI is InChI=1S/C14H13N5OS/c1-9-5-3-4-6-11(9)16-13(20)12-10(2)19(18-17-12)14-15-7-8-21-14/h3-8H,1-2H3,(H,16,20). The number of rotatable bonds is 3. The Morgan fingerprint density at radius 1 is 1.29 bits per heavy atom. The van der Waals surface area contributed by atoms with Crippen LogP contribution >= 0.6 is 11.3 Å². The summed E-state index contributed by atoms with van der Waals surface area (Å²) in [6.07, 6.45) is 1.69. The van der Waals surface area contributed by atoms with Crippen molar-refractivity contribution in [2.75, 3.05) is 5.32 Å². The number of amides is 1. The van der Waals surface area contributed by atoms with Gasteiger partial charge in [0.15, 0.2) is 5.69 Å². The molecule has 106 valence electrons. The summed E-state index contributed by atoms with van der Waals surface area (Å²) in [4.78, 5) is 16.5. The molecule has 2 heterocycles. The van der Waals surface area contributed by atoms with Gasteiger partial charge < -0.3 is 5.32 Å². The molecule has 0 aliphatic carbocycles. The van der Waals surface area contributed by atoms with Gasteiger partial charge in [-0.3, -0.25) is 4.79 Å². The number of hydrogen-bond donors (Lipinski definition) is 1. The lowest BCUT2D eigenvalue weighted by Gasteiger charge is -2.06. The highest BCUT2D eigenvalue weighted by atomic mass is 32.1. The van der Waals surface area contributed by atoms with Crippen LogP contribution in [0.3, 0.4) is 0 Å². The van der Waals surface area contributed by atoms with E-state index in [-0.39, 0.29) is 5.91 Å². The van der Waals surface area contributed by atoms with Crippen molar-refractivity contribution < 1.29 is 4.79 Å². The van der Waals surface area contributed by atoms with Gasteiger partial charge in [-0.25, -0.2) is 4.98 Å². The van der Waals surface area contributed by atoms with E-state index >= 15 is 0 Å². The van der Waals surface area contributed by atoms with E-state index in [0.29, 0.717) is 16.5 Å². The van der Waals surface area contributed by atoms with Gasteiger partial charge in [-0.2, -0.15) is 4.68 Å². The van der Waals surface area contributed by atoms with Crippen LogP contribution in [0.5, 0.6) is 0 Å². The smallest absolute Gasteiger partial charge is 0.278 e. The fourth-order valence-electron chi connectivity index (χ4n) is 1.94. The predicted molar refractivity (Wildman–Crippen MR) is 80.9 cm³/mol. The number of nitrogens with one attached hydrogen (secondary N) is 1. The number of aryl methyl sites for hydroxylation is 1. The van der Waals surface area contributed by atoms with Gasteiger partial charge >= 0.3 is 0 Å². The van der Waals surface area contributed by atoms with Gasteiger partial charge in [0.25, 0.3) is 5.91 Å². The number of benzene rings is 1. The maximum absolute atomic E-state index is 12.3. The lowest BCUT2D eigenvalue weighted by atomic mass is 10.2. The molecule has 1 N–H and O–H groups in total. The Hall–Kier alpha value is -2.54. The Bertz CT molecular complexity index is 779. The predicted octanol–water partition coefficient (Wildman–Crippen LogP) is 2.59. The molecule has 0 aliphatic heterocycles. The van der Waals surface area contributed by atoms with Crippen molar-refractivity contribution in [3.63, 3.8) is 0 Å². The highest BCUT2D eigenvalue weighted by Crippen LogP contribution is 2.17. The van der Waals surface area contributed by atoms with Crippen LogP contribution in [0, 0.1) is 13.8 Å². The fourth-order valence-corrected chi connectivity index (χ4v) is 2.57. The molecule has 0 atom stereocenters. The molecule has 0 saturated heterocycles. The van der Waals surface area contributed by atoms with Gasteiger partial charge in [-0.1, -0.05) is 23.4 Å². The van der Waals surface area contributed by atoms with Crippen molar-refractivity contribution >= 4 is 22.9 Å². The van der Waals surface area contributed by atoms with E-state index in [1.807, 2.05) is 36.6 Å². The Kier molecular flexibility index (Phi) is 3.49. The molecule has 7 heteroatoms. The molecule has 3 aromatic rings. The number of nitrogens with zero attached hydrogens (tertiary/aromatic N) is 4. The van der Waals surface area contributed by atoms with Crippen LogP contribution < -0.4 is 5.32 Å². The maximum Gasteiger partial charge on any atom is 0.278 e. The maximum atomic E-state index is 12.3. The minimum Gasteiger partial charge on any atom is -0.320 e. The molecule has 0 radical (unpaired) electrons. The molecular formula is C14H13N5OS. The first-order valence-corrected chi connectivity index (χ1v) is 7.24. The molecule has 0 spiro atoms. The highest BCUT2D eigenvalue weighted by molar-refractivity contribution is 7.12. The van der Waals surface area contributed by atoms with E-state index in [1.165, 1.54) is 11.3 Å². The third kappa shape index (κ3) is 2.55. The highest BCUT2D eigenvalue weighted by Gasteiger charge is 2.18. The number of thiazole rings is 1. The summed E-state index contributed by atoms with van der Waals surface area (Å²) in [6, 6.07) is 7.60. The van der Waals surface area contributed by atoms with E-state index in [9.17, 15) is 4.79 Å². The van der Waals surface area contributed by atoms with Crippen LogP contribution in [0.4, 0.5) is 5.69 Å². The molecule has 2 aromatic heterocycles. The molecule has 0 fully saturated rings. The van der Waals surface area contributed by atoms with E-state index in [4.69, 9.17) is 0 Å². The minimum atomic E-state index is -0.274. The van der Waals surface area contributed by atoms with Gasteiger partial charge in [0.1, 0.15) is 0 Å². The molecule has 0 aliphatic rings. The normalized spacial score (nSPS) is 10.6.